The van der Waals surface area contributed by atoms with Crippen LogP contribution in [0.15, 0.2) is 49.1 Å². The van der Waals surface area contributed by atoms with Crippen molar-refractivity contribution in [2.24, 2.45) is 0 Å². The zero-order valence-corrected chi connectivity index (χ0v) is 9.65. The van der Waals surface area contributed by atoms with Crippen LogP contribution in [0.1, 0.15) is 16.1 Å². The van der Waals surface area contributed by atoms with Gasteiger partial charge >= 0.3 is 0 Å². The van der Waals surface area contributed by atoms with Gasteiger partial charge in [0.05, 0.1) is 11.8 Å². The monoisotopic (exact) mass is 237 g/mol. The van der Waals surface area contributed by atoms with E-state index in [1.165, 1.54) is 0 Å². The van der Waals surface area contributed by atoms with E-state index in [1.807, 2.05) is 28.8 Å². The zero-order chi connectivity index (χ0) is 12.4. The number of rotatable bonds is 3. The van der Waals surface area contributed by atoms with Gasteiger partial charge in [-0.05, 0) is 23.8 Å². The molecular formula is C14H11N3O. The summed E-state index contributed by atoms with van der Waals surface area (Å²) >= 11 is 0. The minimum atomic E-state index is 0.456. The minimum absolute atomic E-state index is 0.456. The van der Waals surface area contributed by atoms with E-state index >= 15 is 0 Å². The molecule has 0 aliphatic carbocycles. The van der Waals surface area contributed by atoms with Crippen LogP contribution in [0, 0.1) is 0 Å². The Hall–Kier alpha value is -2.49. The van der Waals surface area contributed by atoms with E-state index in [4.69, 9.17) is 0 Å². The van der Waals surface area contributed by atoms with Crippen LogP contribution in [0.5, 0.6) is 0 Å². The van der Waals surface area contributed by atoms with Crippen LogP contribution in [0.25, 0.3) is 10.9 Å². The van der Waals surface area contributed by atoms with Gasteiger partial charge in [-0.25, -0.2) is 4.98 Å². The van der Waals surface area contributed by atoms with Gasteiger partial charge < -0.3 is 4.57 Å². The van der Waals surface area contributed by atoms with Gasteiger partial charge in [-0.1, -0.05) is 12.1 Å². The molecule has 0 amide bonds. The summed E-state index contributed by atoms with van der Waals surface area (Å²) in [6.07, 6.45) is 5.94. The van der Waals surface area contributed by atoms with Gasteiger partial charge in [0.25, 0.3) is 0 Å². The number of hydrogen-bond donors (Lipinski definition) is 0. The Morgan fingerprint density at radius 1 is 1.22 bits per heavy atom. The molecule has 3 aromatic rings. The molecule has 2 heterocycles. The maximum Gasteiger partial charge on any atom is 0.169 e. The van der Waals surface area contributed by atoms with Gasteiger partial charge in [0.1, 0.15) is 5.69 Å². The maximum absolute atomic E-state index is 10.6. The molecule has 0 saturated heterocycles. The molecule has 1 aromatic carbocycles. The van der Waals surface area contributed by atoms with Crippen LogP contribution in [0.2, 0.25) is 0 Å². The Labute approximate surface area is 104 Å². The lowest BCUT2D eigenvalue weighted by Crippen LogP contribution is -1.96. The maximum atomic E-state index is 10.6. The summed E-state index contributed by atoms with van der Waals surface area (Å²) in [6.45, 7) is 0.700. The van der Waals surface area contributed by atoms with Crippen molar-refractivity contribution in [1.29, 1.82) is 0 Å². The number of carbonyl (C=O) groups excluding carboxylic acids is 1. The van der Waals surface area contributed by atoms with Gasteiger partial charge in [0.2, 0.25) is 0 Å². The van der Waals surface area contributed by atoms with E-state index in [-0.39, 0.29) is 0 Å². The number of pyridine rings is 1. The molecule has 4 heteroatoms. The minimum Gasteiger partial charge on any atom is -0.332 e. The lowest BCUT2D eigenvalue weighted by atomic mass is 10.1. The molecule has 0 aliphatic heterocycles. The largest absolute Gasteiger partial charge is 0.332 e. The lowest BCUT2D eigenvalue weighted by Gasteiger charge is -2.04. The molecule has 4 nitrogen and oxygen atoms in total. The lowest BCUT2D eigenvalue weighted by molar-refractivity contribution is 0.111. The summed E-state index contributed by atoms with van der Waals surface area (Å²) in [4.78, 5) is 18.8. The van der Waals surface area contributed by atoms with Crippen molar-refractivity contribution in [3.05, 3.63) is 60.3 Å². The zero-order valence-electron chi connectivity index (χ0n) is 9.65. The Morgan fingerprint density at radius 2 is 2.17 bits per heavy atom. The highest BCUT2D eigenvalue weighted by Gasteiger charge is 2.00. The third kappa shape index (κ3) is 2.00. The third-order valence-corrected chi connectivity index (χ3v) is 2.81. The standard InChI is InChI=1S/C14H11N3O/c18-9-13-8-17(10-16-13)7-11-3-4-14-12(6-11)2-1-5-15-14/h1-6,8-10H,7H2. The average Bonchev–Trinajstić information content (AvgIpc) is 2.86. The number of aldehydes is 1. The summed E-state index contributed by atoms with van der Waals surface area (Å²) in [5.41, 5.74) is 2.60. The Kier molecular flexibility index (Phi) is 2.61. The summed E-state index contributed by atoms with van der Waals surface area (Å²) in [6, 6.07) is 10.1. The molecule has 0 unspecified atom stereocenters. The Balaban J connectivity index is 1.92. The van der Waals surface area contributed by atoms with Crippen molar-refractivity contribution in [3.63, 3.8) is 0 Å². The summed E-state index contributed by atoms with van der Waals surface area (Å²) in [5.74, 6) is 0. The fourth-order valence-corrected chi connectivity index (χ4v) is 1.96. The molecule has 0 saturated carbocycles. The number of nitrogens with zero attached hydrogens (tertiary/aromatic N) is 3. The van der Waals surface area contributed by atoms with E-state index < -0.39 is 0 Å². The molecule has 0 aliphatic rings. The summed E-state index contributed by atoms with van der Waals surface area (Å²) < 4.78 is 1.89. The number of hydrogen-bond acceptors (Lipinski definition) is 3. The summed E-state index contributed by atoms with van der Waals surface area (Å²) in [7, 11) is 0. The van der Waals surface area contributed by atoms with Gasteiger partial charge in [0.15, 0.2) is 6.29 Å². The average molecular weight is 237 g/mol. The van der Waals surface area contributed by atoms with Crippen molar-refractivity contribution in [2.45, 2.75) is 6.54 Å². The number of aromatic nitrogens is 3. The predicted molar refractivity (Wildman–Crippen MR) is 68.5 cm³/mol. The first kappa shape index (κ1) is 10.7. The highest BCUT2D eigenvalue weighted by molar-refractivity contribution is 5.78. The molecule has 88 valence electrons. The normalized spacial score (nSPS) is 10.7. The molecule has 0 fully saturated rings. The van der Waals surface area contributed by atoms with Crippen LogP contribution in [0.4, 0.5) is 0 Å². The van der Waals surface area contributed by atoms with E-state index in [0.717, 1.165) is 22.8 Å². The fourth-order valence-electron chi connectivity index (χ4n) is 1.96. The molecule has 0 spiro atoms. The molecule has 18 heavy (non-hydrogen) atoms. The van der Waals surface area contributed by atoms with Gasteiger partial charge in [-0.2, -0.15) is 0 Å². The van der Waals surface area contributed by atoms with Crippen LogP contribution in [-0.4, -0.2) is 20.8 Å². The number of imidazole rings is 1. The molecule has 0 N–H and O–H groups in total. The van der Waals surface area contributed by atoms with Gasteiger partial charge in [0, 0.05) is 24.3 Å². The third-order valence-electron chi connectivity index (χ3n) is 2.81. The quantitative estimate of drug-likeness (QED) is 0.657. The summed E-state index contributed by atoms with van der Waals surface area (Å²) in [5, 5.41) is 1.12. The Morgan fingerprint density at radius 3 is 3.00 bits per heavy atom. The van der Waals surface area contributed by atoms with Crippen molar-refractivity contribution in [2.75, 3.05) is 0 Å². The van der Waals surface area contributed by atoms with Gasteiger partial charge in [-0.15, -0.1) is 0 Å². The number of benzene rings is 1. The first-order valence-corrected chi connectivity index (χ1v) is 5.66. The van der Waals surface area contributed by atoms with Crippen molar-refractivity contribution >= 4 is 17.2 Å². The second-order valence-electron chi connectivity index (χ2n) is 4.12. The van der Waals surface area contributed by atoms with Gasteiger partial charge in [-0.3, -0.25) is 9.78 Å². The van der Waals surface area contributed by atoms with E-state index in [9.17, 15) is 4.79 Å². The smallest absolute Gasteiger partial charge is 0.169 e. The topological polar surface area (TPSA) is 47.8 Å². The van der Waals surface area contributed by atoms with Crippen molar-refractivity contribution in [3.8, 4) is 0 Å². The number of carbonyl (C=O) groups is 1. The van der Waals surface area contributed by atoms with Crippen LogP contribution in [-0.2, 0) is 6.54 Å². The molecule has 0 atom stereocenters. The highest BCUT2D eigenvalue weighted by Crippen LogP contribution is 2.14. The van der Waals surface area contributed by atoms with E-state index in [0.29, 0.717) is 12.2 Å². The first-order valence-electron chi connectivity index (χ1n) is 5.66. The van der Waals surface area contributed by atoms with Crippen molar-refractivity contribution < 1.29 is 4.79 Å². The van der Waals surface area contributed by atoms with Crippen LogP contribution < -0.4 is 0 Å². The molecule has 0 radical (unpaired) electrons. The molecule has 0 bridgehead atoms. The highest BCUT2D eigenvalue weighted by atomic mass is 16.1. The fraction of sp³-hybridized carbons (Fsp3) is 0.0714. The van der Waals surface area contributed by atoms with Crippen LogP contribution in [0.3, 0.4) is 0 Å². The second kappa shape index (κ2) is 4.41. The SMILES string of the molecule is O=Cc1cn(Cc2ccc3ncccc3c2)cn1. The predicted octanol–water partition coefficient (Wildman–Crippen LogP) is 2.29. The van der Waals surface area contributed by atoms with E-state index in [1.54, 1.807) is 18.7 Å². The van der Waals surface area contributed by atoms with Crippen molar-refractivity contribution in [1.82, 2.24) is 14.5 Å². The molecule has 3 rings (SSSR count). The first-order chi connectivity index (χ1) is 8.85. The molecule has 2 aromatic heterocycles. The number of fused-ring (bicyclic) bond motifs is 1. The second-order valence-corrected chi connectivity index (χ2v) is 4.12. The Bertz CT molecular complexity index is 703. The molecular weight excluding hydrogens is 226 g/mol. The van der Waals surface area contributed by atoms with Crippen LogP contribution >= 0.6 is 0 Å². The van der Waals surface area contributed by atoms with E-state index in [2.05, 4.69) is 16.0 Å².